The van der Waals surface area contributed by atoms with E-state index >= 15 is 0 Å². The molecule has 2 atom stereocenters. The van der Waals surface area contributed by atoms with Crippen LogP contribution < -0.4 is 16.0 Å². The molecular weight excluding hydrogens is 366 g/mol. The van der Waals surface area contributed by atoms with Crippen molar-refractivity contribution in [2.45, 2.75) is 5.92 Å². The van der Waals surface area contributed by atoms with Crippen LogP contribution in [0.1, 0.15) is 11.5 Å². The maximum absolute atomic E-state index is 13.0. The Morgan fingerprint density at radius 3 is 3.00 bits per heavy atom. The summed E-state index contributed by atoms with van der Waals surface area (Å²) in [7, 11) is 0. The molecule has 1 aliphatic heterocycles. The molecule has 7 heteroatoms. The molecule has 0 radical (unpaired) electrons. The molecule has 0 fully saturated rings. The van der Waals surface area contributed by atoms with Crippen LogP contribution in [0.5, 0.6) is 0 Å². The number of pyridine rings is 1. The number of H-pyrrole nitrogens is 1. The summed E-state index contributed by atoms with van der Waals surface area (Å²) in [4.78, 5) is 20.8. The number of rotatable bonds is 4. The highest BCUT2D eigenvalue weighted by Crippen LogP contribution is 2.34. The van der Waals surface area contributed by atoms with Crippen molar-refractivity contribution in [2.24, 2.45) is 5.92 Å². The van der Waals surface area contributed by atoms with Crippen LogP contribution in [0.15, 0.2) is 77.8 Å². The third kappa shape index (κ3) is 3.31. The van der Waals surface area contributed by atoms with Gasteiger partial charge in [0.25, 0.3) is 0 Å². The Kier molecular flexibility index (Phi) is 4.40. The van der Waals surface area contributed by atoms with E-state index in [9.17, 15) is 4.79 Å². The predicted molar refractivity (Wildman–Crippen MR) is 111 cm³/mol. The summed E-state index contributed by atoms with van der Waals surface area (Å²) in [6.07, 6.45) is 16.8. The fourth-order valence-corrected chi connectivity index (χ4v) is 3.83. The van der Waals surface area contributed by atoms with Gasteiger partial charge in [0.2, 0.25) is 5.91 Å². The molecule has 2 unspecified atom stereocenters. The normalized spacial score (nSPS) is 20.8. The van der Waals surface area contributed by atoms with Crippen LogP contribution in [0.4, 0.5) is 0 Å². The summed E-state index contributed by atoms with van der Waals surface area (Å²) >= 11 is 0. The smallest absolute Gasteiger partial charge is 0.233 e. The molecular formula is C22H21N5O2. The van der Waals surface area contributed by atoms with E-state index in [2.05, 4.69) is 38.1 Å². The predicted octanol–water partition coefficient (Wildman–Crippen LogP) is 2.76. The zero-order chi connectivity index (χ0) is 19.6. The van der Waals surface area contributed by atoms with Gasteiger partial charge in [-0.15, -0.1) is 0 Å². The summed E-state index contributed by atoms with van der Waals surface area (Å²) in [5, 5.41) is 10.3. The number of allylic oxidation sites excluding steroid dienone is 3. The van der Waals surface area contributed by atoms with Gasteiger partial charge in [0.05, 0.1) is 18.4 Å². The molecule has 4 heterocycles. The number of fused-ring (bicyclic) bond motifs is 1. The molecule has 0 bridgehead atoms. The average molecular weight is 387 g/mol. The molecule has 5 rings (SSSR count). The summed E-state index contributed by atoms with van der Waals surface area (Å²) in [5.41, 5.74) is 3.82. The van der Waals surface area contributed by atoms with E-state index in [0.29, 0.717) is 5.82 Å². The first-order valence-electron chi connectivity index (χ1n) is 9.62. The first-order valence-corrected chi connectivity index (χ1v) is 9.62. The fraction of sp³-hybridized carbons (Fsp3) is 0.182. The SMILES string of the molecule is O=C(NC1=CNCCN1)C1C=CC=CC1c1cnc2[nH]cc(-c3ccoc3)c2c1. The highest BCUT2D eigenvalue weighted by Gasteiger charge is 2.28. The van der Waals surface area contributed by atoms with Crippen LogP contribution in [0, 0.1) is 5.92 Å². The Bertz CT molecular complexity index is 1120. The first kappa shape index (κ1) is 17.4. The quantitative estimate of drug-likeness (QED) is 0.552. The van der Waals surface area contributed by atoms with Crippen molar-refractivity contribution < 1.29 is 9.21 Å². The molecule has 1 amide bonds. The Labute approximate surface area is 167 Å². The van der Waals surface area contributed by atoms with E-state index in [1.807, 2.05) is 36.7 Å². The Morgan fingerprint density at radius 2 is 2.17 bits per heavy atom. The molecule has 3 aromatic rings. The average Bonchev–Trinajstić information content (AvgIpc) is 3.43. The van der Waals surface area contributed by atoms with Gasteiger partial charge < -0.3 is 25.4 Å². The second kappa shape index (κ2) is 7.35. The lowest BCUT2D eigenvalue weighted by molar-refractivity contribution is -0.123. The third-order valence-corrected chi connectivity index (χ3v) is 5.30. The summed E-state index contributed by atoms with van der Waals surface area (Å²) in [5.74, 6) is 0.230. The highest BCUT2D eigenvalue weighted by atomic mass is 16.3. The van der Waals surface area contributed by atoms with E-state index in [-0.39, 0.29) is 17.7 Å². The van der Waals surface area contributed by atoms with E-state index < -0.39 is 0 Å². The first-order chi connectivity index (χ1) is 14.3. The monoisotopic (exact) mass is 387 g/mol. The number of nitrogens with one attached hydrogen (secondary N) is 4. The molecule has 0 saturated heterocycles. The Hall–Kier alpha value is -3.74. The number of hydrogen-bond acceptors (Lipinski definition) is 5. The molecule has 4 N–H and O–H groups in total. The molecule has 1 aliphatic carbocycles. The van der Waals surface area contributed by atoms with Crippen LogP contribution in [-0.4, -0.2) is 29.0 Å². The number of amides is 1. The molecule has 146 valence electrons. The summed E-state index contributed by atoms with van der Waals surface area (Å²) in [6.45, 7) is 1.62. The van der Waals surface area contributed by atoms with Gasteiger partial charge in [-0.05, 0) is 17.7 Å². The molecule has 29 heavy (non-hydrogen) atoms. The number of carbonyl (C=O) groups is 1. The number of aromatic amines is 1. The van der Waals surface area contributed by atoms with E-state index in [0.717, 1.165) is 40.8 Å². The van der Waals surface area contributed by atoms with E-state index in [1.165, 1.54) is 0 Å². The molecule has 0 aromatic carbocycles. The van der Waals surface area contributed by atoms with Gasteiger partial charge in [-0.3, -0.25) is 4.79 Å². The van der Waals surface area contributed by atoms with Crippen molar-refractivity contribution >= 4 is 16.9 Å². The van der Waals surface area contributed by atoms with Gasteiger partial charge in [-0.25, -0.2) is 4.98 Å². The molecule has 0 saturated carbocycles. The minimum absolute atomic E-state index is 0.0535. The van der Waals surface area contributed by atoms with Gasteiger partial charge in [0.1, 0.15) is 11.5 Å². The lowest BCUT2D eigenvalue weighted by Gasteiger charge is -2.25. The van der Waals surface area contributed by atoms with E-state index in [4.69, 9.17) is 4.42 Å². The van der Waals surface area contributed by atoms with Gasteiger partial charge in [-0.2, -0.15) is 0 Å². The summed E-state index contributed by atoms with van der Waals surface area (Å²) < 4.78 is 5.23. The number of furan rings is 1. The molecule has 3 aromatic heterocycles. The van der Waals surface area contributed by atoms with Gasteiger partial charge in [0.15, 0.2) is 0 Å². The van der Waals surface area contributed by atoms with Crippen molar-refractivity contribution in [3.63, 3.8) is 0 Å². The number of nitrogens with zero attached hydrogens (tertiary/aromatic N) is 1. The largest absolute Gasteiger partial charge is 0.472 e. The number of aromatic nitrogens is 2. The lowest BCUT2D eigenvalue weighted by Crippen LogP contribution is -2.42. The Morgan fingerprint density at radius 1 is 1.24 bits per heavy atom. The van der Waals surface area contributed by atoms with Crippen LogP contribution in [-0.2, 0) is 4.79 Å². The zero-order valence-corrected chi connectivity index (χ0v) is 15.7. The fourth-order valence-electron chi connectivity index (χ4n) is 3.83. The van der Waals surface area contributed by atoms with E-state index in [1.54, 1.807) is 18.7 Å². The maximum atomic E-state index is 13.0. The van der Waals surface area contributed by atoms with Gasteiger partial charge >= 0.3 is 0 Å². The molecule has 2 aliphatic rings. The van der Waals surface area contributed by atoms with Crippen LogP contribution >= 0.6 is 0 Å². The van der Waals surface area contributed by atoms with Crippen molar-refractivity contribution in [1.82, 2.24) is 25.9 Å². The second-order valence-corrected chi connectivity index (χ2v) is 7.13. The molecule has 0 spiro atoms. The zero-order valence-electron chi connectivity index (χ0n) is 15.7. The van der Waals surface area contributed by atoms with Gasteiger partial charge in [-0.1, -0.05) is 24.3 Å². The van der Waals surface area contributed by atoms with Crippen molar-refractivity contribution in [1.29, 1.82) is 0 Å². The maximum Gasteiger partial charge on any atom is 0.233 e. The number of hydrogen-bond donors (Lipinski definition) is 4. The van der Waals surface area contributed by atoms with Crippen LogP contribution in [0.3, 0.4) is 0 Å². The minimum Gasteiger partial charge on any atom is -0.472 e. The highest BCUT2D eigenvalue weighted by molar-refractivity contribution is 5.94. The van der Waals surface area contributed by atoms with Crippen LogP contribution in [0.2, 0.25) is 0 Å². The standard InChI is InChI=1S/C22H21N5O2/c28-22(27-20-12-23-6-7-24-20)17-4-2-1-3-16(17)15-9-18-19(14-5-8-29-13-14)11-26-21(18)25-10-15/h1-5,8-13,16-17,23-24H,6-7H2,(H,25,26)(H,27,28). The second-order valence-electron chi connectivity index (χ2n) is 7.13. The molecule has 7 nitrogen and oxygen atoms in total. The van der Waals surface area contributed by atoms with Gasteiger partial charge in [0, 0.05) is 54.1 Å². The lowest BCUT2D eigenvalue weighted by atomic mass is 9.82. The van der Waals surface area contributed by atoms with Crippen LogP contribution in [0.25, 0.3) is 22.2 Å². The number of carbonyl (C=O) groups excluding carboxylic acids is 1. The Balaban J connectivity index is 1.46. The van der Waals surface area contributed by atoms with Crippen molar-refractivity contribution in [2.75, 3.05) is 13.1 Å². The third-order valence-electron chi connectivity index (χ3n) is 5.30. The topological polar surface area (TPSA) is 95.0 Å². The van der Waals surface area contributed by atoms with Crippen molar-refractivity contribution in [3.05, 3.63) is 78.9 Å². The minimum atomic E-state index is -0.319. The summed E-state index contributed by atoms with van der Waals surface area (Å²) in [6, 6.07) is 4.03. The van der Waals surface area contributed by atoms with Crippen molar-refractivity contribution in [3.8, 4) is 11.1 Å².